The molecule has 0 bridgehead atoms. The Balaban J connectivity index is 2.16. The monoisotopic (exact) mass is 222 g/mol. The highest BCUT2D eigenvalue weighted by molar-refractivity contribution is 7.80. The molecular formula is C13H18OS. The molecule has 1 N–H and O–H groups in total. The molecule has 0 saturated heterocycles. The van der Waals surface area contributed by atoms with Crippen molar-refractivity contribution in [2.45, 2.75) is 43.0 Å². The maximum absolute atomic E-state index is 10.5. The van der Waals surface area contributed by atoms with Gasteiger partial charge in [-0.3, -0.25) is 0 Å². The van der Waals surface area contributed by atoms with Gasteiger partial charge in [0.25, 0.3) is 0 Å². The number of hydrogen-bond donors (Lipinski definition) is 2. The lowest BCUT2D eigenvalue weighted by Gasteiger charge is -2.37. The normalized spacial score (nSPS) is 22.3. The Morgan fingerprint density at radius 1 is 1.07 bits per heavy atom. The number of aliphatic hydroxyl groups is 1. The van der Waals surface area contributed by atoms with E-state index in [1.165, 1.54) is 6.42 Å². The van der Waals surface area contributed by atoms with Gasteiger partial charge in [-0.1, -0.05) is 49.6 Å². The Bertz CT molecular complexity index is 304. The van der Waals surface area contributed by atoms with Crippen LogP contribution in [-0.2, 0) is 0 Å². The molecule has 2 heteroatoms. The highest BCUT2D eigenvalue weighted by atomic mass is 32.1. The van der Waals surface area contributed by atoms with E-state index >= 15 is 0 Å². The van der Waals surface area contributed by atoms with Gasteiger partial charge in [-0.15, -0.1) is 0 Å². The van der Waals surface area contributed by atoms with Gasteiger partial charge in [0, 0.05) is 0 Å². The SMILES string of the molecule is OC1([C@@H](S)c2ccccc2)CCCCC1. The van der Waals surface area contributed by atoms with Gasteiger partial charge in [0.15, 0.2) is 0 Å². The minimum absolute atomic E-state index is 0.0426. The van der Waals surface area contributed by atoms with Crippen LogP contribution in [-0.4, -0.2) is 10.7 Å². The molecule has 1 saturated carbocycles. The fourth-order valence-corrected chi connectivity index (χ4v) is 2.81. The molecule has 0 radical (unpaired) electrons. The minimum Gasteiger partial charge on any atom is -0.388 e. The Morgan fingerprint density at radius 3 is 2.27 bits per heavy atom. The lowest BCUT2D eigenvalue weighted by atomic mass is 9.80. The summed E-state index contributed by atoms with van der Waals surface area (Å²) in [6.07, 6.45) is 5.27. The van der Waals surface area contributed by atoms with E-state index in [4.69, 9.17) is 0 Å². The standard InChI is InChI=1S/C13H18OS/c14-13(9-5-2-6-10-13)12(15)11-7-3-1-4-8-11/h1,3-4,7-8,12,14-15H,2,5-6,9-10H2/t12-/m0/s1. The number of thiol groups is 1. The number of rotatable bonds is 2. The molecule has 0 aliphatic heterocycles. The van der Waals surface area contributed by atoms with Crippen molar-refractivity contribution in [2.24, 2.45) is 0 Å². The molecule has 15 heavy (non-hydrogen) atoms. The fraction of sp³-hybridized carbons (Fsp3) is 0.538. The first-order valence-electron chi connectivity index (χ1n) is 5.68. The maximum Gasteiger partial charge on any atom is 0.0804 e. The third-order valence-electron chi connectivity index (χ3n) is 3.34. The van der Waals surface area contributed by atoms with Crippen LogP contribution >= 0.6 is 12.6 Å². The second-order valence-electron chi connectivity index (χ2n) is 4.48. The van der Waals surface area contributed by atoms with Gasteiger partial charge in [0.1, 0.15) is 0 Å². The average Bonchev–Trinajstić information content (AvgIpc) is 2.30. The topological polar surface area (TPSA) is 20.2 Å². The summed E-state index contributed by atoms with van der Waals surface area (Å²) >= 11 is 4.60. The summed E-state index contributed by atoms with van der Waals surface area (Å²) in [7, 11) is 0. The third kappa shape index (κ3) is 2.37. The van der Waals surface area contributed by atoms with Crippen molar-refractivity contribution in [2.75, 3.05) is 0 Å². The van der Waals surface area contributed by atoms with Crippen LogP contribution in [0.15, 0.2) is 30.3 Å². The van der Waals surface area contributed by atoms with Crippen molar-refractivity contribution >= 4 is 12.6 Å². The van der Waals surface area contributed by atoms with Crippen molar-refractivity contribution in [1.82, 2.24) is 0 Å². The first kappa shape index (κ1) is 11.0. The molecule has 1 fully saturated rings. The molecule has 1 nitrogen and oxygen atoms in total. The van der Waals surface area contributed by atoms with Crippen LogP contribution in [0.2, 0.25) is 0 Å². The van der Waals surface area contributed by atoms with E-state index < -0.39 is 5.60 Å². The molecule has 0 amide bonds. The van der Waals surface area contributed by atoms with Gasteiger partial charge >= 0.3 is 0 Å². The first-order valence-corrected chi connectivity index (χ1v) is 6.19. The summed E-state index contributed by atoms with van der Waals surface area (Å²) < 4.78 is 0. The van der Waals surface area contributed by atoms with Gasteiger partial charge in [-0.05, 0) is 18.4 Å². The zero-order valence-electron chi connectivity index (χ0n) is 8.89. The summed E-state index contributed by atoms with van der Waals surface area (Å²) in [5.74, 6) is 0. The van der Waals surface area contributed by atoms with E-state index in [0.29, 0.717) is 0 Å². The smallest absolute Gasteiger partial charge is 0.0804 e. The highest BCUT2D eigenvalue weighted by Gasteiger charge is 2.36. The summed E-state index contributed by atoms with van der Waals surface area (Å²) in [6, 6.07) is 10.1. The molecule has 0 spiro atoms. The molecule has 1 atom stereocenters. The predicted octanol–water partition coefficient (Wildman–Crippen LogP) is 3.35. The fourth-order valence-electron chi connectivity index (χ4n) is 2.38. The molecule has 1 aromatic rings. The largest absolute Gasteiger partial charge is 0.388 e. The highest BCUT2D eigenvalue weighted by Crippen LogP contribution is 2.41. The van der Waals surface area contributed by atoms with E-state index in [2.05, 4.69) is 12.6 Å². The summed E-state index contributed by atoms with van der Waals surface area (Å²) in [4.78, 5) is 0. The van der Waals surface area contributed by atoms with Crippen molar-refractivity contribution < 1.29 is 5.11 Å². The molecule has 82 valence electrons. The molecule has 0 aromatic heterocycles. The molecule has 1 aromatic carbocycles. The number of hydrogen-bond acceptors (Lipinski definition) is 2. The van der Waals surface area contributed by atoms with Crippen LogP contribution in [0, 0.1) is 0 Å². The summed E-state index contributed by atoms with van der Waals surface area (Å²) in [6.45, 7) is 0. The molecule has 2 rings (SSSR count). The Morgan fingerprint density at radius 2 is 1.67 bits per heavy atom. The minimum atomic E-state index is -0.595. The third-order valence-corrected chi connectivity index (χ3v) is 4.12. The van der Waals surface area contributed by atoms with Crippen molar-refractivity contribution in [3.63, 3.8) is 0 Å². The first-order chi connectivity index (χ1) is 7.22. The molecule has 1 aliphatic rings. The number of benzene rings is 1. The predicted molar refractivity (Wildman–Crippen MR) is 66.2 cm³/mol. The second-order valence-corrected chi connectivity index (χ2v) is 4.99. The van der Waals surface area contributed by atoms with Crippen LogP contribution in [0.4, 0.5) is 0 Å². The average molecular weight is 222 g/mol. The van der Waals surface area contributed by atoms with Gasteiger partial charge in [-0.25, -0.2) is 0 Å². The lowest BCUT2D eigenvalue weighted by Crippen LogP contribution is -2.35. The zero-order chi connectivity index (χ0) is 10.7. The van der Waals surface area contributed by atoms with Crippen LogP contribution in [0.1, 0.15) is 42.9 Å². The molecule has 0 unspecified atom stereocenters. The van der Waals surface area contributed by atoms with Gasteiger partial charge in [0.2, 0.25) is 0 Å². The Labute approximate surface area is 96.9 Å². The van der Waals surface area contributed by atoms with Crippen molar-refractivity contribution in [3.8, 4) is 0 Å². The van der Waals surface area contributed by atoms with E-state index in [1.54, 1.807) is 0 Å². The van der Waals surface area contributed by atoms with Crippen LogP contribution in [0.25, 0.3) is 0 Å². The van der Waals surface area contributed by atoms with E-state index in [9.17, 15) is 5.11 Å². The van der Waals surface area contributed by atoms with Gasteiger partial charge in [-0.2, -0.15) is 12.6 Å². The molecule has 0 heterocycles. The van der Waals surface area contributed by atoms with Gasteiger partial charge in [0.05, 0.1) is 10.9 Å². The van der Waals surface area contributed by atoms with Crippen LogP contribution in [0.3, 0.4) is 0 Å². The second kappa shape index (κ2) is 4.58. The van der Waals surface area contributed by atoms with Crippen molar-refractivity contribution in [1.29, 1.82) is 0 Å². The molecular weight excluding hydrogens is 204 g/mol. The maximum atomic E-state index is 10.5. The lowest BCUT2D eigenvalue weighted by molar-refractivity contribution is 0.00213. The van der Waals surface area contributed by atoms with Gasteiger partial charge < -0.3 is 5.11 Å². The van der Waals surface area contributed by atoms with E-state index in [-0.39, 0.29) is 5.25 Å². The zero-order valence-corrected chi connectivity index (χ0v) is 9.79. The van der Waals surface area contributed by atoms with Crippen molar-refractivity contribution in [3.05, 3.63) is 35.9 Å². The van der Waals surface area contributed by atoms with E-state index in [0.717, 1.165) is 31.2 Å². The summed E-state index contributed by atoms with van der Waals surface area (Å²) in [5.41, 5.74) is 0.535. The molecule has 1 aliphatic carbocycles. The van der Waals surface area contributed by atoms with Crippen LogP contribution in [0.5, 0.6) is 0 Å². The van der Waals surface area contributed by atoms with Crippen LogP contribution < -0.4 is 0 Å². The Hall–Kier alpha value is -0.470. The quantitative estimate of drug-likeness (QED) is 0.735. The Kier molecular flexibility index (Phi) is 3.37. The van der Waals surface area contributed by atoms with E-state index in [1.807, 2.05) is 30.3 Å². The summed E-state index contributed by atoms with van der Waals surface area (Å²) in [5, 5.41) is 10.5.